The van der Waals surface area contributed by atoms with E-state index in [0.29, 0.717) is 5.56 Å². The Morgan fingerprint density at radius 2 is 1.52 bits per heavy atom. The molecular weight excluding hydrogens is 284 g/mol. The van der Waals surface area contributed by atoms with Crippen molar-refractivity contribution >= 4 is 20.9 Å². The van der Waals surface area contributed by atoms with Crippen LogP contribution in [0.25, 0.3) is 21.9 Å². The second-order valence-corrected chi connectivity index (χ2v) is 6.39. The van der Waals surface area contributed by atoms with E-state index in [1.165, 1.54) is 6.07 Å². The molecule has 106 valence electrons. The Hall–Kier alpha value is -2.17. The normalized spacial score (nSPS) is 11.7. The summed E-state index contributed by atoms with van der Waals surface area (Å²) in [6.45, 7) is 1.97. The van der Waals surface area contributed by atoms with E-state index in [2.05, 4.69) is 0 Å². The minimum absolute atomic E-state index is 0.0648. The predicted molar refractivity (Wildman–Crippen MR) is 83.9 cm³/mol. The lowest BCUT2D eigenvalue weighted by atomic mass is 9.97. The highest BCUT2D eigenvalue weighted by atomic mass is 32.2. The summed E-state index contributed by atoms with van der Waals surface area (Å²) in [5, 5.41) is 1.73. The van der Waals surface area contributed by atoms with Gasteiger partial charge in [-0.3, -0.25) is 4.55 Å². The number of fused-ring (bicyclic) bond motifs is 1. The minimum atomic E-state index is -4.28. The van der Waals surface area contributed by atoms with Gasteiger partial charge in [0.05, 0.1) is 0 Å². The molecule has 0 spiro atoms. The van der Waals surface area contributed by atoms with E-state index in [-0.39, 0.29) is 4.90 Å². The molecule has 0 radical (unpaired) electrons. The zero-order chi connectivity index (χ0) is 15.0. The number of rotatable bonds is 2. The molecule has 0 fully saturated rings. The third-order valence-corrected chi connectivity index (χ3v) is 4.40. The maximum atomic E-state index is 11.7. The summed E-state index contributed by atoms with van der Waals surface area (Å²) >= 11 is 0. The van der Waals surface area contributed by atoms with Crippen molar-refractivity contribution in [1.29, 1.82) is 0 Å². The SMILES string of the molecule is Cc1ccc(-c2c(S(=O)(=O)O)ccc3ccccc23)cc1. The first-order valence-corrected chi connectivity index (χ1v) is 7.97. The molecule has 0 aromatic heterocycles. The fraction of sp³-hybridized carbons (Fsp3) is 0.0588. The second kappa shape index (κ2) is 4.98. The minimum Gasteiger partial charge on any atom is -0.282 e. The topological polar surface area (TPSA) is 54.4 Å². The Balaban J connectivity index is 2.44. The van der Waals surface area contributed by atoms with Crippen LogP contribution in [0.3, 0.4) is 0 Å². The van der Waals surface area contributed by atoms with Gasteiger partial charge in [0.2, 0.25) is 0 Å². The van der Waals surface area contributed by atoms with Gasteiger partial charge in [0.15, 0.2) is 0 Å². The van der Waals surface area contributed by atoms with Crippen LogP contribution in [-0.2, 0) is 10.1 Å². The van der Waals surface area contributed by atoms with Crippen LogP contribution < -0.4 is 0 Å². The van der Waals surface area contributed by atoms with E-state index in [0.717, 1.165) is 21.9 Å². The van der Waals surface area contributed by atoms with Crippen molar-refractivity contribution in [3.05, 3.63) is 66.2 Å². The van der Waals surface area contributed by atoms with E-state index >= 15 is 0 Å². The molecule has 0 heterocycles. The van der Waals surface area contributed by atoms with E-state index in [9.17, 15) is 13.0 Å². The Bertz CT molecular complexity index is 910. The summed E-state index contributed by atoms with van der Waals surface area (Å²) in [5.74, 6) is 0. The van der Waals surface area contributed by atoms with Crippen molar-refractivity contribution in [2.24, 2.45) is 0 Å². The fourth-order valence-corrected chi connectivity index (χ4v) is 3.21. The average molecular weight is 298 g/mol. The lowest BCUT2D eigenvalue weighted by molar-refractivity contribution is 0.483. The summed E-state index contributed by atoms with van der Waals surface area (Å²) in [5.41, 5.74) is 2.40. The number of benzene rings is 3. The first-order valence-electron chi connectivity index (χ1n) is 6.53. The molecule has 21 heavy (non-hydrogen) atoms. The van der Waals surface area contributed by atoms with Gasteiger partial charge < -0.3 is 0 Å². The van der Waals surface area contributed by atoms with Crippen LogP contribution in [0.15, 0.2) is 65.6 Å². The maximum Gasteiger partial charge on any atom is 0.295 e. The van der Waals surface area contributed by atoms with Crippen LogP contribution in [-0.4, -0.2) is 13.0 Å². The molecule has 3 aromatic carbocycles. The summed E-state index contributed by atoms with van der Waals surface area (Å²) < 4.78 is 32.9. The van der Waals surface area contributed by atoms with Crippen molar-refractivity contribution in [3.63, 3.8) is 0 Å². The Kier molecular flexibility index (Phi) is 3.27. The highest BCUT2D eigenvalue weighted by Gasteiger charge is 2.18. The summed E-state index contributed by atoms with van der Waals surface area (Å²) in [6, 6.07) is 18.3. The summed E-state index contributed by atoms with van der Waals surface area (Å²) in [7, 11) is -4.28. The van der Waals surface area contributed by atoms with Crippen LogP contribution in [0.5, 0.6) is 0 Å². The molecule has 0 atom stereocenters. The van der Waals surface area contributed by atoms with Crippen molar-refractivity contribution in [2.75, 3.05) is 0 Å². The van der Waals surface area contributed by atoms with Gasteiger partial charge in [-0.25, -0.2) is 0 Å². The molecule has 4 heteroatoms. The molecule has 0 bridgehead atoms. The molecule has 0 amide bonds. The molecule has 0 aliphatic carbocycles. The summed E-state index contributed by atoms with van der Waals surface area (Å²) in [6.07, 6.45) is 0. The van der Waals surface area contributed by atoms with Crippen LogP contribution in [0.2, 0.25) is 0 Å². The monoisotopic (exact) mass is 298 g/mol. The van der Waals surface area contributed by atoms with Gasteiger partial charge in [-0.1, -0.05) is 60.2 Å². The van der Waals surface area contributed by atoms with Gasteiger partial charge in [0.1, 0.15) is 4.90 Å². The molecular formula is C17H14O3S. The smallest absolute Gasteiger partial charge is 0.282 e. The van der Waals surface area contributed by atoms with Gasteiger partial charge in [0, 0.05) is 5.56 Å². The van der Waals surface area contributed by atoms with E-state index < -0.39 is 10.1 Å². The van der Waals surface area contributed by atoms with Crippen molar-refractivity contribution < 1.29 is 13.0 Å². The van der Waals surface area contributed by atoms with Gasteiger partial charge in [-0.15, -0.1) is 0 Å². The largest absolute Gasteiger partial charge is 0.295 e. The van der Waals surface area contributed by atoms with Gasteiger partial charge >= 0.3 is 0 Å². The zero-order valence-corrected chi connectivity index (χ0v) is 12.3. The van der Waals surface area contributed by atoms with E-state index in [1.807, 2.05) is 55.5 Å². The Morgan fingerprint density at radius 3 is 2.19 bits per heavy atom. The Labute approximate surface area is 123 Å². The third-order valence-electron chi connectivity index (χ3n) is 3.51. The van der Waals surface area contributed by atoms with Crippen molar-refractivity contribution in [3.8, 4) is 11.1 Å². The molecule has 3 rings (SSSR count). The lowest BCUT2D eigenvalue weighted by Gasteiger charge is -2.12. The number of hydrogen-bond acceptors (Lipinski definition) is 2. The van der Waals surface area contributed by atoms with E-state index in [1.54, 1.807) is 6.07 Å². The quantitative estimate of drug-likeness (QED) is 0.726. The highest BCUT2D eigenvalue weighted by Crippen LogP contribution is 2.34. The third kappa shape index (κ3) is 2.55. The molecule has 3 aromatic rings. The standard InChI is InChI=1S/C17H14O3S/c1-12-6-8-14(9-7-12)17-15-5-3-2-4-13(15)10-11-16(17)21(18,19)20/h2-11H,1H3,(H,18,19,20). The number of aryl methyl sites for hydroxylation is 1. The van der Waals surface area contributed by atoms with Crippen LogP contribution in [0.4, 0.5) is 0 Å². The molecule has 1 N–H and O–H groups in total. The first-order chi connectivity index (χ1) is 9.97. The van der Waals surface area contributed by atoms with E-state index in [4.69, 9.17) is 0 Å². The van der Waals surface area contributed by atoms with Crippen LogP contribution in [0, 0.1) is 6.92 Å². The van der Waals surface area contributed by atoms with Crippen molar-refractivity contribution in [2.45, 2.75) is 11.8 Å². The first kappa shape index (κ1) is 13.8. The maximum absolute atomic E-state index is 11.7. The molecule has 0 saturated heterocycles. The zero-order valence-electron chi connectivity index (χ0n) is 11.4. The fourth-order valence-electron chi connectivity index (χ4n) is 2.48. The second-order valence-electron chi connectivity index (χ2n) is 5.00. The Morgan fingerprint density at radius 1 is 0.857 bits per heavy atom. The lowest BCUT2D eigenvalue weighted by Crippen LogP contribution is -2.01. The molecule has 0 saturated carbocycles. The predicted octanol–water partition coefficient (Wildman–Crippen LogP) is 4.06. The van der Waals surface area contributed by atoms with Crippen LogP contribution >= 0.6 is 0 Å². The van der Waals surface area contributed by atoms with Gasteiger partial charge in [-0.05, 0) is 29.3 Å². The van der Waals surface area contributed by atoms with Crippen LogP contribution in [0.1, 0.15) is 5.56 Å². The molecule has 0 unspecified atom stereocenters. The summed E-state index contributed by atoms with van der Waals surface area (Å²) in [4.78, 5) is -0.0648. The average Bonchev–Trinajstić information content (AvgIpc) is 2.46. The van der Waals surface area contributed by atoms with Gasteiger partial charge in [-0.2, -0.15) is 8.42 Å². The highest BCUT2D eigenvalue weighted by molar-refractivity contribution is 7.86. The van der Waals surface area contributed by atoms with Crippen molar-refractivity contribution in [1.82, 2.24) is 0 Å². The number of hydrogen-bond donors (Lipinski definition) is 1. The molecule has 0 aliphatic heterocycles. The molecule has 0 aliphatic rings. The van der Waals surface area contributed by atoms with Gasteiger partial charge in [0.25, 0.3) is 10.1 Å². The molecule has 3 nitrogen and oxygen atoms in total.